The molecule has 0 bridgehead atoms. The SMILES string of the molecule is CCOc1cc(Cl)c(C(Br)C2CCCO2)cc1Cl. The van der Waals surface area contributed by atoms with E-state index in [4.69, 9.17) is 32.7 Å². The van der Waals surface area contributed by atoms with Crippen molar-refractivity contribution >= 4 is 39.1 Å². The summed E-state index contributed by atoms with van der Waals surface area (Å²) in [6.45, 7) is 3.30. The van der Waals surface area contributed by atoms with Crippen molar-refractivity contribution in [3.8, 4) is 5.75 Å². The summed E-state index contributed by atoms with van der Waals surface area (Å²) < 4.78 is 11.1. The summed E-state index contributed by atoms with van der Waals surface area (Å²) >= 11 is 16.1. The maximum atomic E-state index is 6.29. The summed E-state index contributed by atoms with van der Waals surface area (Å²) in [6, 6.07) is 3.63. The molecule has 1 aliphatic heterocycles. The summed E-state index contributed by atoms with van der Waals surface area (Å²) in [5, 5.41) is 1.24. The van der Waals surface area contributed by atoms with Crippen LogP contribution in [-0.2, 0) is 4.74 Å². The number of hydrogen-bond donors (Lipinski definition) is 0. The lowest BCUT2D eigenvalue weighted by Crippen LogP contribution is -2.12. The quantitative estimate of drug-likeness (QED) is 0.708. The first-order valence-corrected chi connectivity index (χ1v) is 7.68. The van der Waals surface area contributed by atoms with Gasteiger partial charge in [-0.25, -0.2) is 0 Å². The third kappa shape index (κ3) is 3.13. The van der Waals surface area contributed by atoms with E-state index in [1.165, 1.54) is 0 Å². The van der Waals surface area contributed by atoms with Crippen LogP contribution in [0.15, 0.2) is 12.1 Å². The van der Waals surface area contributed by atoms with Gasteiger partial charge in [-0.3, -0.25) is 0 Å². The van der Waals surface area contributed by atoms with Gasteiger partial charge in [0.15, 0.2) is 0 Å². The fraction of sp³-hybridized carbons (Fsp3) is 0.538. The summed E-state index contributed by atoms with van der Waals surface area (Å²) in [6.07, 6.45) is 2.29. The van der Waals surface area contributed by atoms with Gasteiger partial charge in [-0.2, -0.15) is 0 Å². The van der Waals surface area contributed by atoms with Crippen LogP contribution in [0, 0.1) is 0 Å². The van der Waals surface area contributed by atoms with Gasteiger partial charge >= 0.3 is 0 Å². The number of hydrogen-bond acceptors (Lipinski definition) is 2. The first-order valence-electron chi connectivity index (χ1n) is 6.01. The largest absolute Gasteiger partial charge is 0.492 e. The maximum Gasteiger partial charge on any atom is 0.139 e. The van der Waals surface area contributed by atoms with E-state index in [2.05, 4.69) is 15.9 Å². The fourth-order valence-corrected chi connectivity index (χ4v) is 3.48. The van der Waals surface area contributed by atoms with Crippen molar-refractivity contribution in [2.24, 2.45) is 0 Å². The number of benzene rings is 1. The number of rotatable bonds is 4. The highest BCUT2D eigenvalue weighted by atomic mass is 79.9. The Morgan fingerprint density at radius 3 is 2.83 bits per heavy atom. The second kappa shape index (κ2) is 6.47. The van der Waals surface area contributed by atoms with E-state index in [0.717, 1.165) is 25.0 Å². The zero-order chi connectivity index (χ0) is 13.1. The zero-order valence-electron chi connectivity index (χ0n) is 10.1. The van der Waals surface area contributed by atoms with Crippen LogP contribution in [-0.4, -0.2) is 19.3 Å². The van der Waals surface area contributed by atoms with Crippen molar-refractivity contribution in [2.75, 3.05) is 13.2 Å². The molecule has 1 aromatic rings. The Labute approximate surface area is 126 Å². The Kier molecular flexibility index (Phi) is 5.19. The smallest absolute Gasteiger partial charge is 0.139 e. The predicted octanol–water partition coefficient (Wildman–Crippen LogP) is 5.01. The van der Waals surface area contributed by atoms with Gasteiger partial charge in [0.1, 0.15) is 5.75 Å². The average Bonchev–Trinajstić information content (AvgIpc) is 2.86. The molecule has 0 saturated carbocycles. The van der Waals surface area contributed by atoms with E-state index < -0.39 is 0 Å². The first-order chi connectivity index (χ1) is 8.63. The molecule has 2 atom stereocenters. The van der Waals surface area contributed by atoms with E-state index in [1.807, 2.05) is 13.0 Å². The molecular weight excluding hydrogens is 339 g/mol. The summed E-state index contributed by atoms with van der Waals surface area (Å²) in [5.74, 6) is 0.625. The number of halogens is 3. The lowest BCUT2D eigenvalue weighted by Gasteiger charge is -2.19. The Balaban J connectivity index is 2.24. The molecule has 1 saturated heterocycles. The van der Waals surface area contributed by atoms with Crippen LogP contribution in [0.25, 0.3) is 0 Å². The van der Waals surface area contributed by atoms with Crippen LogP contribution in [0.3, 0.4) is 0 Å². The van der Waals surface area contributed by atoms with Gasteiger partial charge in [0.2, 0.25) is 0 Å². The number of alkyl halides is 1. The standard InChI is InChI=1S/C13H15BrCl2O2/c1-2-17-12-7-9(15)8(6-10(12)16)13(14)11-4-3-5-18-11/h6-7,11,13H,2-5H2,1H3. The van der Waals surface area contributed by atoms with Crippen LogP contribution >= 0.6 is 39.1 Å². The van der Waals surface area contributed by atoms with Gasteiger partial charge in [-0.05, 0) is 31.4 Å². The molecule has 0 amide bonds. The highest BCUT2D eigenvalue weighted by molar-refractivity contribution is 9.09. The van der Waals surface area contributed by atoms with E-state index in [1.54, 1.807) is 6.07 Å². The lowest BCUT2D eigenvalue weighted by atomic mass is 10.1. The Morgan fingerprint density at radius 1 is 1.44 bits per heavy atom. The van der Waals surface area contributed by atoms with Gasteiger partial charge < -0.3 is 9.47 Å². The molecule has 2 unspecified atom stereocenters. The van der Waals surface area contributed by atoms with Crippen molar-refractivity contribution < 1.29 is 9.47 Å². The molecule has 0 aliphatic carbocycles. The van der Waals surface area contributed by atoms with E-state index >= 15 is 0 Å². The zero-order valence-corrected chi connectivity index (χ0v) is 13.2. The van der Waals surface area contributed by atoms with E-state index in [-0.39, 0.29) is 10.9 Å². The van der Waals surface area contributed by atoms with Crippen molar-refractivity contribution in [1.29, 1.82) is 0 Å². The van der Waals surface area contributed by atoms with Crippen molar-refractivity contribution in [3.05, 3.63) is 27.7 Å². The van der Waals surface area contributed by atoms with Gasteiger partial charge in [0.25, 0.3) is 0 Å². The lowest BCUT2D eigenvalue weighted by molar-refractivity contribution is 0.110. The molecule has 0 N–H and O–H groups in total. The summed E-state index contributed by atoms with van der Waals surface area (Å²) in [4.78, 5) is 0.0701. The van der Waals surface area contributed by atoms with E-state index in [9.17, 15) is 0 Å². The molecule has 1 aromatic carbocycles. The monoisotopic (exact) mass is 352 g/mol. The fourth-order valence-electron chi connectivity index (χ4n) is 2.06. The minimum atomic E-state index is 0.0701. The van der Waals surface area contributed by atoms with Crippen molar-refractivity contribution in [2.45, 2.75) is 30.7 Å². The second-order valence-electron chi connectivity index (χ2n) is 4.19. The highest BCUT2D eigenvalue weighted by Crippen LogP contribution is 2.41. The van der Waals surface area contributed by atoms with Crippen molar-refractivity contribution in [1.82, 2.24) is 0 Å². The molecule has 0 radical (unpaired) electrons. The summed E-state index contributed by atoms with van der Waals surface area (Å²) in [7, 11) is 0. The molecular formula is C13H15BrCl2O2. The molecule has 1 aliphatic rings. The minimum absolute atomic E-state index is 0.0701. The van der Waals surface area contributed by atoms with Gasteiger partial charge in [0.05, 0.1) is 22.6 Å². The molecule has 100 valence electrons. The average molecular weight is 354 g/mol. The van der Waals surface area contributed by atoms with Crippen LogP contribution in [0.5, 0.6) is 5.75 Å². The predicted molar refractivity (Wildman–Crippen MR) is 78.3 cm³/mol. The Bertz CT molecular complexity index is 420. The van der Waals surface area contributed by atoms with Gasteiger partial charge in [-0.15, -0.1) is 0 Å². The van der Waals surface area contributed by atoms with Crippen LogP contribution in [0.2, 0.25) is 10.0 Å². The van der Waals surface area contributed by atoms with Crippen molar-refractivity contribution in [3.63, 3.8) is 0 Å². The third-order valence-electron chi connectivity index (χ3n) is 2.94. The van der Waals surface area contributed by atoms with E-state index in [0.29, 0.717) is 22.4 Å². The second-order valence-corrected chi connectivity index (χ2v) is 5.99. The molecule has 5 heteroatoms. The molecule has 2 rings (SSSR count). The topological polar surface area (TPSA) is 18.5 Å². The third-order valence-corrected chi connectivity index (χ3v) is 4.65. The van der Waals surface area contributed by atoms with Crippen LogP contribution in [0.4, 0.5) is 0 Å². The van der Waals surface area contributed by atoms with Crippen LogP contribution in [0.1, 0.15) is 30.2 Å². The van der Waals surface area contributed by atoms with Gasteiger partial charge in [-0.1, -0.05) is 39.1 Å². The molecule has 1 fully saturated rings. The molecule has 0 spiro atoms. The summed E-state index contributed by atoms with van der Waals surface area (Å²) in [5.41, 5.74) is 0.956. The molecule has 18 heavy (non-hydrogen) atoms. The van der Waals surface area contributed by atoms with Gasteiger partial charge in [0, 0.05) is 17.7 Å². The van der Waals surface area contributed by atoms with Crippen LogP contribution < -0.4 is 4.74 Å². The number of ether oxygens (including phenoxy) is 2. The molecule has 1 heterocycles. The Hall–Kier alpha value is 0.0400. The minimum Gasteiger partial charge on any atom is -0.492 e. The highest BCUT2D eigenvalue weighted by Gasteiger charge is 2.27. The first kappa shape index (κ1) is 14.4. The maximum absolute atomic E-state index is 6.29. The molecule has 0 aromatic heterocycles. The Morgan fingerprint density at radius 2 is 2.22 bits per heavy atom. The molecule has 2 nitrogen and oxygen atoms in total. The normalized spacial score (nSPS) is 21.0.